The maximum Gasteiger partial charge on any atom is 0.277 e. The van der Waals surface area contributed by atoms with Crippen molar-refractivity contribution in [3.05, 3.63) is 57.5 Å². The Labute approximate surface area is 164 Å². The molecule has 0 aromatic carbocycles. The van der Waals surface area contributed by atoms with Crippen molar-refractivity contribution in [2.45, 2.75) is 38.7 Å². The maximum atomic E-state index is 13.7. The molecule has 10 heteroatoms. The summed E-state index contributed by atoms with van der Waals surface area (Å²) in [6.07, 6.45) is 2.60. The van der Waals surface area contributed by atoms with Gasteiger partial charge >= 0.3 is 0 Å². The molecule has 4 rings (SSSR count). The molecule has 2 aromatic rings. The molecule has 2 aromatic heterocycles. The van der Waals surface area contributed by atoms with Gasteiger partial charge in [0.15, 0.2) is 17.2 Å². The lowest BCUT2D eigenvalue weighted by molar-refractivity contribution is -0.0752. The molecule has 1 fully saturated rings. The maximum absolute atomic E-state index is 13.7. The monoisotopic (exact) mass is 402 g/mol. The number of hydrogen-bond donors (Lipinski definition) is 2. The molecule has 9 nitrogen and oxygen atoms in total. The number of nitrogens with one attached hydrogen (secondary N) is 1. The lowest BCUT2D eigenvalue weighted by Gasteiger charge is -2.41. The molecule has 4 heterocycles. The number of ether oxygens (including phenoxy) is 1. The van der Waals surface area contributed by atoms with E-state index < -0.39 is 34.5 Å². The van der Waals surface area contributed by atoms with Gasteiger partial charge in [0.25, 0.3) is 11.8 Å². The standard InChI is InChI=1S/C19H19FN4O5/c1-10-8-29-19(2)9-23-7-11(15(25)16(26)14(23)18(28)24(10)19)17(27)22-6-13-12(20)4-3-5-21-13/h3-5,7,10,26H,6,8-9H2,1-2H3,(H,22,27)/t10-,19+/m0/s1. The Kier molecular flexibility index (Phi) is 4.38. The molecular weight excluding hydrogens is 383 g/mol. The molecule has 0 bridgehead atoms. The second-order valence-electron chi connectivity index (χ2n) is 7.32. The van der Waals surface area contributed by atoms with Crippen molar-refractivity contribution in [3.63, 3.8) is 0 Å². The van der Waals surface area contributed by atoms with E-state index in [0.717, 1.165) is 0 Å². The number of nitrogens with zero attached hydrogens (tertiary/aromatic N) is 3. The topological polar surface area (TPSA) is 114 Å². The molecular formula is C19H19FN4O5. The second kappa shape index (κ2) is 6.66. The van der Waals surface area contributed by atoms with Gasteiger partial charge in [-0.15, -0.1) is 0 Å². The fraction of sp³-hybridized carbons (Fsp3) is 0.368. The van der Waals surface area contributed by atoms with Gasteiger partial charge in [0.2, 0.25) is 5.43 Å². The number of carbonyl (C=O) groups excluding carboxylic acids is 2. The minimum absolute atomic E-state index is 0.00908. The Morgan fingerprint density at radius 1 is 1.48 bits per heavy atom. The smallest absolute Gasteiger partial charge is 0.277 e. The average Bonchev–Trinajstić information content (AvgIpc) is 2.98. The lowest BCUT2D eigenvalue weighted by Crippen LogP contribution is -2.56. The summed E-state index contributed by atoms with van der Waals surface area (Å²) in [6, 6.07) is 2.41. The van der Waals surface area contributed by atoms with Crippen LogP contribution in [0.5, 0.6) is 5.75 Å². The molecule has 1 saturated heterocycles. The highest BCUT2D eigenvalue weighted by Gasteiger charge is 2.50. The molecule has 29 heavy (non-hydrogen) atoms. The van der Waals surface area contributed by atoms with Gasteiger partial charge in [-0.3, -0.25) is 19.4 Å². The summed E-state index contributed by atoms with van der Waals surface area (Å²) in [7, 11) is 0. The summed E-state index contributed by atoms with van der Waals surface area (Å²) in [4.78, 5) is 43.3. The summed E-state index contributed by atoms with van der Waals surface area (Å²) in [6.45, 7) is 3.77. The first-order chi connectivity index (χ1) is 13.7. The molecule has 0 saturated carbocycles. The summed E-state index contributed by atoms with van der Waals surface area (Å²) in [5.74, 6) is -2.75. The molecule has 2 amide bonds. The van der Waals surface area contributed by atoms with Gasteiger partial charge in [-0.2, -0.15) is 0 Å². The van der Waals surface area contributed by atoms with E-state index in [0.29, 0.717) is 6.61 Å². The van der Waals surface area contributed by atoms with Gasteiger partial charge in [0.05, 0.1) is 31.4 Å². The first-order valence-corrected chi connectivity index (χ1v) is 9.04. The van der Waals surface area contributed by atoms with E-state index in [2.05, 4.69) is 10.3 Å². The van der Waals surface area contributed by atoms with Gasteiger partial charge < -0.3 is 24.6 Å². The fourth-order valence-corrected chi connectivity index (χ4v) is 3.85. The molecule has 152 valence electrons. The third kappa shape index (κ3) is 2.96. The fourth-order valence-electron chi connectivity index (χ4n) is 3.85. The van der Waals surface area contributed by atoms with Gasteiger partial charge in [0, 0.05) is 12.4 Å². The molecule has 2 aliphatic heterocycles. The summed E-state index contributed by atoms with van der Waals surface area (Å²) in [5, 5.41) is 12.8. The third-order valence-electron chi connectivity index (χ3n) is 5.22. The van der Waals surface area contributed by atoms with E-state index in [-0.39, 0.29) is 36.1 Å². The van der Waals surface area contributed by atoms with Crippen LogP contribution in [0.1, 0.15) is 40.4 Å². The molecule has 0 spiro atoms. The summed E-state index contributed by atoms with van der Waals surface area (Å²) < 4.78 is 20.8. The van der Waals surface area contributed by atoms with Crippen LogP contribution in [-0.4, -0.2) is 49.7 Å². The van der Waals surface area contributed by atoms with Crippen LogP contribution >= 0.6 is 0 Å². The number of amides is 2. The summed E-state index contributed by atoms with van der Waals surface area (Å²) in [5.41, 5.74) is -2.46. The Hall–Kier alpha value is -3.27. The number of rotatable bonds is 3. The lowest BCUT2D eigenvalue weighted by atomic mass is 10.1. The van der Waals surface area contributed by atoms with Crippen molar-refractivity contribution in [2.24, 2.45) is 0 Å². The number of pyridine rings is 2. The number of aromatic nitrogens is 2. The minimum Gasteiger partial charge on any atom is -0.503 e. The highest BCUT2D eigenvalue weighted by Crippen LogP contribution is 2.36. The highest BCUT2D eigenvalue weighted by molar-refractivity contribution is 5.99. The van der Waals surface area contributed by atoms with Crippen LogP contribution in [0, 0.1) is 5.82 Å². The normalized spacial score (nSPS) is 22.9. The molecule has 2 N–H and O–H groups in total. The predicted molar refractivity (Wildman–Crippen MR) is 97.7 cm³/mol. The number of halogens is 1. The highest BCUT2D eigenvalue weighted by atomic mass is 19.1. The Morgan fingerprint density at radius 3 is 2.97 bits per heavy atom. The Morgan fingerprint density at radius 2 is 2.24 bits per heavy atom. The van der Waals surface area contributed by atoms with Crippen molar-refractivity contribution in [1.82, 2.24) is 19.8 Å². The quantitative estimate of drug-likeness (QED) is 0.778. The van der Waals surface area contributed by atoms with Gasteiger partial charge in [0.1, 0.15) is 11.4 Å². The largest absolute Gasteiger partial charge is 0.503 e. The molecule has 0 unspecified atom stereocenters. The van der Waals surface area contributed by atoms with Crippen LogP contribution in [0.4, 0.5) is 4.39 Å². The number of carbonyl (C=O) groups is 2. The number of hydrogen-bond acceptors (Lipinski definition) is 6. The van der Waals surface area contributed by atoms with E-state index in [1.807, 2.05) is 6.92 Å². The summed E-state index contributed by atoms with van der Waals surface area (Å²) >= 11 is 0. The van der Waals surface area contributed by atoms with Crippen LogP contribution in [0.2, 0.25) is 0 Å². The molecule has 0 radical (unpaired) electrons. The van der Waals surface area contributed by atoms with Crippen molar-refractivity contribution < 1.29 is 23.8 Å². The van der Waals surface area contributed by atoms with Gasteiger partial charge in [-0.05, 0) is 26.0 Å². The Balaban J connectivity index is 1.67. The van der Waals surface area contributed by atoms with Crippen LogP contribution in [0.3, 0.4) is 0 Å². The number of aromatic hydroxyl groups is 1. The molecule has 2 aliphatic rings. The van der Waals surface area contributed by atoms with Crippen molar-refractivity contribution >= 4 is 11.8 Å². The SMILES string of the molecule is C[C@H]1CO[C@]2(C)Cn3cc(C(=O)NCc4ncccc4F)c(=O)c(O)c3C(=O)N12. The van der Waals surface area contributed by atoms with Gasteiger partial charge in [-0.1, -0.05) is 0 Å². The zero-order valence-corrected chi connectivity index (χ0v) is 15.8. The Bertz CT molecular complexity index is 1080. The van der Waals surface area contributed by atoms with Crippen LogP contribution < -0.4 is 10.7 Å². The average molecular weight is 402 g/mol. The van der Waals surface area contributed by atoms with E-state index in [1.54, 1.807) is 6.92 Å². The van der Waals surface area contributed by atoms with E-state index >= 15 is 0 Å². The second-order valence-corrected chi connectivity index (χ2v) is 7.32. The van der Waals surface area contributed by atoms with E-state index in [9.17, 15) is 23.9 Å². The van der Waals surface area contributed by atoms with Crippen molar-refractivity contribution in [2.75, 3.05) is 6.61 Å². The third-order valence-corrected chi connectivity index (χ3v) is 5.22. The zero-order valence-electron chi connectivity index (χ0n) is 15.8. The predicted octanol–water partition coefficient (Wildman–Crippen LogP) is 0.609. The minimum atomic E-state index is -0.972. The van der Waals surface area contributed by atoms with Crippen LogP contribution in [0.25, 0.3) is 0 Å². The van der Waals surface area contributed by atoms with Gasteiger partial charge in [-0.25, -0.2) is 4.39 Å². The van der Waals surface area contributed by atoms with Crippen molar-refractivity contribution in [3.8, 4) is 5.75 Å². The first kappa shape index (κ1) is 19.1. The van der Waals surface area contributed by atoms with E-state index in [4.69, 9.17) is 4.74 Å². The van der Waals surface area contributed by atoms with Crippen molar-refractivity contribution in [1.29, 1.82) is 0 Å². The first-order valence-electron chi connectivity index (χ1n) is 9.04. The van der Waals surface area contributed by atoms with Crippen LogP contribution in [0.15, 0.2) is 29.3 Å². The van der Waals surface area contributed by atoms with Crippen LogP contribution in [-0.2, 0) is 17.8 Å². The zero-order chi connectivity index (χ0) is 20.9. The molecule has 0 aliphatic carbocycles. The molecule has 2 atom stereocenters. The number of fused-ring (bicyclic) bond motifs is 2. The van der Waals surface area contributed by atoms with E-state index in [1.165, 1.54) is 34.0 Å².